The van der Waals surface area contributed by atoms with Gasteiger partial charge < -0.3 is 0 Å². The lowest BCUT2D eigenvalue weighted by atomic mass is 14.0. The second-order valence-electron chi connectivity index (χ2n) is 0.448. The zero-order valence-electron chi connectivity index (χ0n) is 3.94. The summed E-state index contributed by atoms with van der Waals surface area (Å²) in [4.78, 5) is 0. The van der Waals surface area contributed by atoms with Crippen LogP contribution in [0.25, 0.3) is 0 Å². The highest BCUT2D eigenvalue weighted by atomic mass is 32.3. The molecule has 9 heteroatoms. The molecule has 0 aliphatic rings. The first-order valence-corrected chi connectivity index (χ1v) is 3.32. The Labute approximate surface area is 62.8 Å². The van der Waals surface area contributed by atoms with Gasteiger partial charge >= 0.3 is 10.4 Å². The van der Waals surface area contributed by atoms with Crippen LogP contribution in [-0.2, 0) is 35.2 Å². The van der Waals surface area contributed by atoms with E-state index in [4.69, 9.17) is 27.1 Å². The molecule has 0 rings (SSSR count). The Morgan fingerprint density at radius 2 is 1.00 bits per heavy atom. The fourth-order valence-electron chi connectivity index (χ4n) is 0. The third-order valence-corrected chi connectivity index (χ3v) is 0. The van der Waals surface area contributed by atoms with Crippen LogP contribution in [0, 0.1) is 9.56 Å². The van der Waals surface area contributed by atoms with E-state index in [1.165, 1.54) is 0 Å². The lowest BCUT2D eigenvalue weighted by Crippen LogP contribution is -1.89. The van der Waals surface area contributed by atoms with Gasteiger partial charge in [0.2, 0.25) is 0 Å². The SMILES string of the molecule is N=S.N=S.O=S(=O)(O)O. The molecule has 0 atom stereocenters. The standard InChI is InChI=1S/2HNS.H2O4S/c2*1-2;1-5(2,3)4/h2*1H;(H2,1,2,3,4). The van der Waals surface area contributed by atoms with Crippen molar-refractivity contribution in [2.45, 2.75) is 0 Å². The molecule has 0 heterocycles. The second kappa shape index (κ2) is 10.8. The van der Waals surface area contributed by atoms with Crippen LogP contribution in [0.15, 0.2) is 0 Å². The lowest BCUT2D eigenvalue weighted by molar-refractivity contribution is 0.381. The molecular weight excluding hydrogens is 188 g/mol. The first kappa shape index (κ1) is 16.0. The minimum Gasteiger partial charge on any atom is -0.264 e. The van der Waals surface area contributed by atoms with Gasteiger partial charge in [0, 0.05) is 24.9 Å². The highest BCUT2D eigenvalue weighted by molar-refractivity contribution is 7.79. The van der Waals surface area contributed by atoms with Crippen LogP contribution in [0.1, 0.15) is 0 Å². The Hall–Kier alpha value is -0.0900. The van der Waals surface area contributed by atoms with Crippen molar-refractivity contribution in [1.29, 1.82) is 9.56 Å². The molecule has 0 spiro atoms. The maximum absolute atomic E-state index is 8.74. The smallest absolute Gasteiger partial charge is 0.264 e. The van der Waals surface area contributed by atoms with E-state index in [0.29, 0.717) is 0 Å². The molecule has 0 amide bonds. The molecule has 4 N–H and O–H groups in total. The summed E-state index contributed by atoms with van der Waals surface area (Å²) in [5.74, 6) is 0. The predicted molar refractivity (Wildman–Crippen MR) is 34.3 cm³/mol. The largest absolute Gasteiger partial charge is 0.394 e. The molecule has 0 aromatic carbocycles. The predicted octanol–water partition coefficient (Wildman–Crippen LogP) is -0.0615. The van der Waals surface area contributed by atoms with Gasteiger partial charge in [-0.3, -0.25) is 9.11 Å². The first-order valence-electron chi connectivity index (χ1n) is 1.11. The van der Waals surface area contributed by atoms with Crippen LogP contribution in [0.2, 0.25) is 0 Å². The molecule has 0 radical (unpaired) electrons. The summed E-state index contributed by atoms with van der Waals surface area (Å²) in [5.41, 5.74) is 0. The van der Waals surface area contributed by atoms with E-state index >= 15 is 0 Å². The summed E-state index contributed by atoms with van der Waals surface area (Å²) < 4.78 is 42.2. The Balaban J connectivity index is -0.0000000771. The van der Waals surface area contributed by atoms with Crippen molar-refractivity contribution in [2.24, 2.45) is 0 Å². The summed E-state index contributed by atoms with van der Waals surface area (Å²) in [6.07, 6.45) is 0. The van der Waals surface area contributed by atoms with Crippen molar-refractivity contribution in [3.05, 3.63) is 0 Å². The highest BCUT2D eigenvalue weighted by Crippen LogP contribution is 1.59. The molecule has 0 aromatic heterocycles. The number of nitrogens with one attached hydrogen (secondary N) is 2. The molecule has 0 fully saturated rings. The summed E-state index contributed by atoms with van der Waals surface area (Å²) in [6, 6.07) is 0. The van der Waals surface area contributed by atoms with Gasteiger partial charge in [-0.05, 0) is 0 Å². The van der Waals surface area contributed by atoms with Crippen molar-refractivity contribution in [2.75, 3.05) is 0 Å². The quantitative estimate of drug-likeness (QED) is 0.399. The van der Waals surface area contributed by atoms with Crippen LogP contribution in [0.3, 0.4) is 0 Å². The fourth-order valence-corrected chi connectivity index (χ4v) is 0. The Bertz CT molecular complexity index is 117. The van der Waals surface area contributed by atoms with Crippen LogP contribution in [-0.4, -0.2) is 17.5 Å². The van der Waals surface area contributed by atoms with Gasteiger partial charge in [-0.25, -0.2) is 9.56 Å². The average molecular weight is 192 g/mol. The average Bonchev–Trinajstić information content (AvgIpc) is 1.72. The van der Waals surface area contributed by atoms with E-state index in [9.17, 15) is 0 Å². The maximum atomic E-state index is 8.74. The topological polar surface area (TPSA) is 122 Å². The molecule has 0 saturated heterocycles. The van der Waals surface area contributed by atoms with Gasteiger partial charge in [-0.1, -0.05) is 0 Å². The number of rotatable bonds is 0. The van der Waals surface area contributed by atoms with E-state index in [-0.39, 0.29) is 0 Å². The molecule has 0 aliphatic heterocycles. The highest BCUT2D eigenvalue weighted by Gasteiger charge is 1.84. The third-order valence-electron chi connectivity index (χ3n) is 0. The van der Waals surface area contributed by atoms with E-state index in [0.717, 1.165) is 0 Å². The molecule has 0 bridgehead atoms. The minimum absolute atomic E-state index is 3.33. The molecule has 6 nitrogen and oxygen atoms in total. The molecule has 9 heavy (non-hydrogen) atoms. The number of hydrogen-bond donors (Lipinski definition) is 4. The van der Waals surface area contributed by atoms with E-state index in [1.54, 1.807) is 0 Å². The monoisotopic (exact) mass is 192 g/mol. The van der Waals surface area contributed by atoms with Gasteiger partial charge in [0.25, 0.3) is 0 Å². The second-order valence-corrected chi connectivity index (χ2v) is 1.34. The van der Waals surface area contributed by atoms with E-state index < -0.39 is 10.4 Å². The van der Waals surface area contributed by atoms with Crippen molar-refractivity contribution in [1.82, 2.24) is 0 Å². The zero-order chi connectivity index (χ0) is 8.50. The van der Waals surface area contributed by atoms with E-state index in [1.807, 2.05) is 0 Å². The van der Waals surface area contributed by atoms with Crippen molar-refractivity contribution in [3.8, 4) is 0 Å². The summed E-state index contributed by atoms with van der Waals surface area (Å²) in [7, 11) is -4.67. The van der Waals surface area contributed by atoms with Gasteiger partial charge in [-0.15, -0.1) is 0 Å². The number of hydrogen-bond acceptors (Lipinski definition) is 6. The van der Waals surface area contributed by atoms with Crippen LogP contribution < -0.4 is 0 Å². The molecule has 0 aromatic rings. The fraction of sp³-hybridized carbons (Fsp3) is 0. The van der Waals surface area contributed by atoms with E-state index in [2.05, 4.69) is 24.9 Å². The van der Waals surface area contributed by atoms with Crippen molar-refractivity contribution >= 4 is 35.2 Å². The molecular formula is H4N2O4S3. The molecule has 0 saturated carbocycles. The van der Waals surface area contributed by atoms with Gasteiger partial charge in [0.1, 0.15) is 0 Å². The maximum Gasteiger partial charge on any atom is 0.394 e. The van der Waals surface area contributed by atoms with Crippen LogP contribution >= 0.6 is 0 Å². The Morgan fingerprint density at radius 3 is 1.00 bits per heavy atom. The van der Waals surface area contributed by atoms with Gasteiger partial charge in [0.05, 0.1) is 0 Å². The first-order chi connectivity index (χ1) is 4.00. The Kier molecular flexibility index (Phi) is 19.2. The zero-order valence-corrected chi connectivity index (χ0v) is 6.39. The lowest BCUT2D eigenvalue weighted by Gasteiger charge is -1.68. The third kappa shape index (κ3) is 34100. The molecule has 0 unspecified atom stereocenters. The molecule has 0 aliphatic carbocycles. The minimum atomic E-state index is -4.67. The van der Waals surface area contributed by atoms with Gasteiger partial charge in [0.15, 0.2) is 0 Å². The van der Waals surface area contributed by atoms with Crippen molar-refractivity contribution < 1.29 is 17.5 Å². The normalized spacial score (nSPS) is 7.33. The van der Waals surface area contributed by atoms with Crippen LogP contribution in [0.5, 0.6) is 0 Å². The van der Waals surface area contributed by atoms with Crippen molar-refractivity contribution in [3.63, 3.8) is 0 Å². The Morgan fingerprint density at radius 1 is 1.00 bits per heavy atom. The van der Waals surface area contributed by atoms with Crippen LogP contribution in [0.4, 0.5) is 0 Å². The molecule has 56 valence electrons. The summed E-state index contributed by atoms with van der Waals surface area (Å²) in [5, 5.41) is 0. The summed E-state index contributed by atoms with van der Waals surface area (Å²) >= 11 is 6.67. The van der Waals surface area contributed by atoms with Gasteiger partial charge in [-0.2, -0.15) is 8.42 Å². The summed E-state index contributed by atoms with van der Waals surface area (Å²) in [6.45, 7) is 0.